The van der Waals surface area contributed by atoms with Crippen molar-refractivity contribution in [1.82, 2.24) is 10.4 Å². The number of halogens is 3. The zero-order valence-electron chi connectivity index (χ0n) is 16.4. The van der Waals surface area contributed by atoms with Crippen molar-refractivity contribution in [2.75, 3.05) is 6.61 Å². The van der Waals surface area contributed by atoms with Crippen LogP contribution >= 0.6 is 0 Å². The summed E-state index contributed by atoms with van der Waals surface area (Å²) in [7, 11) is 0. The number of alkyl halides is 3. The molecule has 1 N–H and O–H groups in total. The van der Waals surface area contributed by atoms with E-state index in [4.69, 9.17) is 4.74 Å². The van der Waals surface area contributed by atoms with Crippen LogP contribution in [-0.2, 0) is 4.79 Å². The van der Waals surface area contributed by atoms with Crippen LogP contribution in [0.15, 0.2) is 36.4 Å². The van der Waals surface area contributed by atoms with Gasteiger partial charge in [0.15, 0.2) is 6.04 Å². The lowest BCUT2D eigenvalue weighted by atomic mass is 9.93. The molecular weight excluding hydrogens is 369 g/mol. The molecule has 1 fully saturated rings. The number of nitrogens with zero attached hydrogens (tertiary/aromatic N) is 1. The summed E-state index contributed by atoms with van der Waals surface area (Å²) in [4.78, 5) is 11.9. The van der Waals surface area contributed by atoms with E-state index in [0.29, 0.717) is 29.0 Å². The number of benzene rings is 2. The summed E-state index contributed by atoms with van der Waals surface area (Å²) in [6, 6.07) is 8.05. The highest BCUT2D eigenvalue weighted by Gasteiger charge is 2.53. The zero-order chi connectivity index (χ0) is 20.7. The average molecular weight is 394 g/mol. The average Bonchev–Trinajstić information content (AvgIpc) is 2.84. The van der Waals surface area contributed by atoms with Gasteiger partial charge in [-0.05, 0) is 48.2 Å². The normalized spacial score (nSPS) is 18.5. The lowest BCUT2D eigenvalue weighted by molar-refractivity contribution is -0.203. The van der Waals surface area contributed by atoms with Crippen molar-refractivity contribution in [2.24, 2.45) is 5.92 Å². The first-order chi connectivity index (χ1) is 13.0. The van der Waals surface area contributed by atoms with Crippen molar-refractivity contribution < 1.29 is 22.7 Å². The number of carbonyl (C=O) groups excluding carboxylic acids is 1. The second-order valence-electron chi connectivity index (χ2n) is 8.27. The van der Waals surface area contributed by atoms with Gasteiger partial charge in [0.05, 0.1) is 6.61 Å². The van der Waals surface area contributed by atoms with Crippen LogP contribution < -0.4 is 10.2 Å². The number of nitrogens with one attached hydrogen (secondary N) is 1. The fourth-order valence-corrected chi connectivity index (χ4v) is 3.55. The Bertz CT molecular complexity index is 878. The number of hydrogen-bond acceptors (Lipinski definition) is 3. The first kappa shape index (κ1) is 20.5. The van der Waals surface area contributed by atoms with Crippen LogP contribution in [0.2, 0.25) is 0 Å². The molecule has 1 saturated heterocycles. The third-order valence-electron chi connectivity index (χ3n) is 4.82. The van der Waals surface area contributed by atoms with Gasteiger partial charge in [0, 0.05) is 12.0 Å². The highest BCUT2D eigenvalue weighted by molar-refractivity contribution is 5.88. The summed E-state index contributed by atoms with van der Waals surface area (Å²) in [6.07, 6.45) is -4.56. The third kappa shape index (κ3) is 4.09. The number of hydrazine groups is 1. The maximum Gasteiger partial charge on any atom is 0.409 e. The van der Waals surface area contributed by atoms with Gasteiger partial charge >= 0.3 is 6.18 Å². The van der Waals surface area contributed by atoms with E-state index in [-0.39, 0.29) is 12.0 Å². The van der Waals surface area contributed by atoms with Gasteiger partial charge in [-0.1, -0.05) is 38.1 Å². The first-order valence-electron chi connectivity index (χ1n) is 9.30. The van der Waals surface area contributed by atoms with E-state index in [0.717, 1.165) is 5.01 Å². The minimum atomic E-state index is -4.57. The Hall–Kier alpha value is -2.28. The fourth-order valence-electron chi connectivity index (χ4n) is 3.55. The van der Waals surface area contributed by atoms with Crippen LogP contribution in [0.5, 0.6) is 5.75 Å². The van der Waals surface area contributed by atoms with Crippen molar-refractivity contribution >= 4 is 16.7 Å². The van der Waals surface area contributed by atoms with E-state index >= 15 is 0 Å². The molecule has 1 atom stereocenters. The second kappa shape index (κ2) is 7.28. The zero-order valence-corrected chi connectivity index (χ0v) is 16.4. The highest BCUT2D eigenvalue weighted by Crippen LogP contribution is 2.45. The Morgan fingerprint density at radius 2 is 1.93 bits per heavy atom. The quantitative estimate of drug-likeness (QED) is 0.777. The molecule has 1 aliphatic heterocycles. The Kier molecular flexibility index (Phi) is 5.32. The van der Waals surface area contributed by atoms with E-state index in [9.17, 15) is 18.0 Å². The molecule has 4 nitrogen and oxygen atoms in total. The lowest BCUT2D eigenvalue weighted by Crippen LogP contribution is -2.51. The van der Waals surface area contributed by atoms with Crippen molar-refractivity contribution in [3.05, 3.63) is 42.0 Å². The summed E-state index contributed by atoms with van der Waals surface area (Å²) in [5.74, 6) is 0.411. The van der Waals surface area contributed by atoms with Crippen molar-refractivity contribution in [3.63, 3.8) is 0 Å². The van der Waals surface area contributed by atoms with E-state index in [2.05, 4.69) is 5.43 Å². The summed E-state index contributed by atoms with van der Waals surface area (Å²) < 4.78 is 48.3. The SMILES string of the molecule is CC(C)COc1ccc2cccc([C@H](N3NC(=O)CC3(C)C)C(F)(F)F)c2c1. The Morgan fingerprint density at radius 1 is 1.21 bits per heavy atom. The van der Waals surface area contributed by atoms with E-state index in [1.165, 1.54) is 6.07 Å². The number of fused-ring (bicyclic) bond motifs is 1. The predicted octanol–water partition coefficient (Wildman–Crippen LogP) is 4.99. The van der Waals surface area contributed by atoms with Crippen molar-refractivity contribution in [3.8, 4) is 5.75 Å². The number of ether oxygens (including phenoxy) is 1. The van der Waals surface area contributed by atoms with Gasteiger partial charge in [-0.2, -0.15) is 18.2 Å². The molecule has 0 bridgehead atoms. The molecule has 2 aromatic rings. The van der Waals surface area contributed by atoms with E-state index in [1.807, 2.05) is 13.8 Å². The number of rotatable bonds is 5. The fraction of sp³-hybridized carbons (Fsp3) is 0.476. The molecule has 0 saturated carbocycles. The van der Waals surface area contributed by atoms with Crippen molar-refractivity contribution in [1.29, 1.82) is 0 Å². The third-order valence-corrected chi connectivity index (χ3v) is 4.82. The van der Waals surface area contributed by atoms with Crippen LogP contribution in [-0.4, -0.2) is 29.2 Å². The summed E-state index contributed by atoms with van der Waals surface area (Å²) in [6.45, 7) is 7.75. The van der Waals surface area contributed by atoms with Gasteiger partial charge < -0.3 is 4.74 Å². The standard InChI is InChI=1S/C21H25F3N2O2/c1-13(2)12-28-15-9-8-14-6-5-7-16(17(14)10-15)19(21(22,23)24)26-20(3,4)11-18(27)25-26/h5-10,13,19H,11-12H2,1-4H3,(H,25,27)/t19-/m0/s1. The predicted molar refractivity (Wildman–Crippen MR) is 102 cm³/mol. The maximum atomic E-state index is 14.2. The minimum Gasteiger partial charge on any atom is -0.493 e. The Labute approximate surface area is 162 Å². The molecule has 0 aliphatic carbocycles. The van der Waals surface area contributed by atoms with Gasteiger partial charge in [0.25, 0.3) is 0 Å². The number of hydrogen-bond donors (Lipinski definition) is 1. The summed E-state index contributed by atoms with van der Waals surface area (Å²) in [5.41, 5.74) is 1.54. The molecule has 0 spiro atoms. The van der Waals surface area contributed by atoms with Crippen LogP contribution in [0.4, 0.5) is 13.2 Å². The molecule has 1 amide bonds. The highest BCUT2D eigenvalue weighted by atomic mass is 19.4. The van der Waals surface area contributed by atoms with Crippen LogP contribution in [0.25, 0.3) is 10.8 Å². The van der Waals surface area contributed by atoms with Gasteiger partial charge in [-0.25, -0.2) is 0 Å². The molecule has 152 valence electrons. The molecule has 3 rings (SSSR count). The van der Waals surface area contributed by atoms with Crippen molar-refractivity contribution in [2.45, 2.75) is 51.9 Å². The molecule has 0 aromatic heterocycles. The summed E-state index contributed by atoms with van der Waals surface area (Å²) in [5, 5.41) is 2.18. The minimum absolute atomic E-state index is 0.00704. The number of amides is 1. The molecule has 0 unspecified atom stereocenters. The van der Waals surface area contributed by atoms with Gasteiger partial charge in [-0.15, -0.1) is 0 Å². The van der Waals surface area contributed by atoms with Crippen LogP contribution in [0, 0.1) is 5.92 Å². The largest absolute Gasteiger partial charge is 0.493 e. The molecule has 2 aromatic carbocycles. The molecule has 28 heavy (non-hydrogen) atoms. The second-order valence-corrected chi connectivity index (χ2v) is 8.27. The van der Waals surface area contributed by atoms with E-state index in [1.54, 1.807) is 44.2 Å². The molecular formula is C21H25F3N2O2. The summed E-state index contributed by atoms with van der Waals surface area (Å²) >= 11 is 0. The lowest BCUT2D eigenvalue weighted by Gasteiger charge is -2.38. The van der Waals surface area contributed by atoms with Crippen LogP contribution in [0.1, 0.15) is 45.7 Å². The first-order valence-corrected chi connectivity index (χ1v) is 9.30. The molecule has 1 heterocycles. The Morgan fingerprint density at radius 3 is 2.50 bits per heavy atom. The molecule has 7 heteroatoms. The van der Waals surface area contributed by atoms with Crippen LogP contribution in [0.3, 0.4) is 0 Å². The molecule has 1 aliphatic rings. The Balaban J connectivity index is 2.12. The van der Waals surface area contributed by atoms with Gasteiger partial charge in [-0.3, -0.25) is 10.2 Å². The smallest absolute Gasteiger partial charge is 0.409 e. The molecule has 0 radical (unpaired) electrons. The van der Waals surface area contributed by atoms with Gasteiger partial charge in [0.2, 0.25) is 5.91 Å². The van der Waals surface area contributed by atoms with Gasteiger partial charge in [0.1, 0.15) is 5.75 Å². The number of carbonyl (C=O) groups is 1. The monoisotopic (exact) mass is 394 g/mol. The maximum absolute atomic E-state index is 14.2. The topological polar surface area (TPSA) is 41.6 Å². The van der Waals surface area contributed by atoms with E-state index < -0.39 is 23.7 Å².